The Morgan fingerprint density at radius 1 is 1.16 bits per heavy atom. The van der Waals surface area contributed by atoms with Gasteiger partial charge in [0.15, 0.2) is 0 Å². The van der Waals surface area contributed by atoms with Crippen LogP contribution in [0.3, 0.4) is 0 Å². The average Bonchev–Trinajstić information content (AvgIpc) is 3.54. The predicted molar refractivity (Wildman–Crippen MR) is 114 cm³/mol. The molecule has 1 atom stereocenters. The van der Waals surface area contributed by atoms with Crippen LogP contribution in [0.15, 0.2) is 76.4 Å². The van der Waals surface area contributed by atoms with Gasteiger partial charge in [-0.1, -0.05) is 23.7 Å². The third kappa shape index (κ3) is 4.02. The van der Waals surface area contributed by atoms with Gasteiger partial charge in [-0.05, 0) is 59.3 Å². The van der Waals surface area contributed by atoms with Gasteiger partial charge < -0.3 is 4.42 Å². The number of nitrogens with zero attached hydrogens (tertiary/aromatic N) is 6. The van der Waals surface area contributed by atoms with Crippen molar-refractivity contribution in [3.8, 4) is 11.4 Å². The first-order chi connectivity index (χ1) is 15.6. The Morgan fingerprint density at radius 3 is 2.75 bits per heavy atom. The van der Waals surface area contributed by atoms with Gasteiger partial charge in [0.1, 0.15) is 23.8 Å². The Kier molecular flexibility index (Phi) is 5.24. The molecule has 0 spiro atoms. The Bertz CT molecular complexity index is 1290. The minimum atomic E-state index is -0.359. The fourth-order valence-corrected chi connectivity index (χ4v) is 3.72. The number of hydrogen-bond donors (Lipinski definition) is 0. The molecule has 8 nitrogen and oxygen atoms in total. The topological polar surface area (TPSA) is 89.4 Å². The van der Waals surface area contributed by atoms with E-state index < -0.39 is 0 Å². The summed E-state index contributed by atoms with van der Waals surface area (Å²) in [5.41, 5.74) is 2.11. The molecule has 1 aliphatic rings. The van der Waals surface area contributed by atoms with Gasteiger partial charge in [-0.15, -0.1) is 10.2 Å². The van der Waals surface area contributed by atoms with Gasteiger partial charge in [-0.3, -0.25) is 4.79 Å². The fourth-order valence-electron chi connectivity index (χ4n) is 3.52. The minimum Gasteiger partial charge on any atom is -0.463 e. The van der Waals surface area contributed by atoms with E-state index in [4.69, 9.17) is 16.0 Å². The molecule has 10 heteroatoms. The summed E-state index contributed by atoms with van der Waals surface area (Å²) in [5.74, 6) is 0.220. The molecule has 0 saturated heterocycles. The summed E-state index contributed by atoms with van der Waals surface area (Å²) in [6, 6.07) is 16.3. The number of amides is 1. The summed E-state index contributed by atoms with van der Waals surface area (Å²) in [7, 11) is 0. The van der Waals surface area contributed by atoms with E-state index in [1.165, 1.54) is 21.9 Å². The second-order valence-electron chi connectivity index (χ2n) is 7.19. The quantitative estimate of drug-likeness (QED) is 0.456. The van der Waals surface area contributed by atoms with E-state index in [1.807, 2.05) is 18.2 Å². The van der Waals surface area contributed by atoms with Gasteiger partial charge in [0.2, 0.25) is 5.82 Å². The van der Waals surface area contributed by atoms with Crippen molar-refractivity contribution in [1.82, 2.24) is 25.2 Å². The van der Waals surface area contributed by atoms with Crippen molar-refractivity contribution >= 4 is 23.2 Å². The van der Waals surface area contributed by atoms with Gasteiger partial charge in [-0.25, -0.2) is 9.40 Å². The molecule has 1 aliphatic heterocycles. The lowest BCUT2D eigenvalue weighted by molar-refractivity contribution is -0.134. The first kappa shape index (κ1) is 20.1. The van der Waals surface area contributed by atoms with E-state index in [9.17, 15) is 9.18 Å². The highest BCUT2D eigenvalue weighted by Gasteiger charge is 2.34. The van der Waals surface area contributed by atoms with Crippen molar-refractivity contribution in [3.63, 3.8) is 0 Å². The number of furan rings is 1. The third-order valence-corrected chi connectivity index (χ3v) is 5.27. The molecule has 32 heavy (non-hydrogen) atoms. The van der Waals surface area contributed by atoms with Crippen molar-refractivity contribution in [3.05, 3.63) is 89.1 Å². The van der Waals surface area contributed by atoms with E-state index >= 15 is 0 Å². The molecule has 4 aromatic rings. The van der Waals surface area contributed by atoms with E-state index in [0.717, 1.165) is 5.56 Å². The average molecular weight is 451 g/mol. The van der Waals surface area contributed by atoms with Crippen LogP contribution in [0.25, 0.3) is 11.4 Å². The summed E-state index contributed by atoms with van der Waals surface area (Å²) in [5, 5.41) is 18.7. The zero-order chi connectivity index (χ0) is 22.1. The Hall–Kier alpha value is -3.85. The van der Waals surface area contributed by atoms with Gasteiger partial charge >= 0.3 is 0 Å². The van der Waals surface area contributed by atoms with Crippen molar-refractivity contribution in [1.29, 1.82) is 0 Å². The van der Waals surface area contributed by atoms with Crippen LogP contribution in [0.5, 0.6) is 0 Å². The number of carbonyl (C=O) groups is 1. The summed E-state index contributed by atoms with van der Waals surface area (Å²) >= 11 is 6.17. The number of hydrazone groups is 1. The smallest absolute Gasteiger partial charge is 0.266 e. The molecular weight excluding hydrogens is 435 g/mol. The number of tetrazole rings is 1. The summed E-state index contributed by atoms with van der Waals surface area (Å²) < 4.78 is 18.6. The lowest BCUT2D eigenvalue weighted by atomic mass is 10.0. The van der Waals surface area contributed by atoms with Crippen LogP contribution < -0.4 is 0 Å². The van der Waals surface area contributed by atoms with Gasteiger partial charge in [0.05, 0.1) is 12.3 Å². The molecule has 2 aromatic carbocycles. The van der Waals surface area contributed by atoms with Crippen LogP contribution in [-0.4, -0.2) is 36.8 Å². The van der Waals surface area contributed by atoms with E-state index in [1.54, 1.807) is 36.6 Å². The van der Waals surface area contributed by atoms with E-state index in [0.29, 0.717) is 34.3 Å². The van der Waals surface area contributed by atoms with Crippen LogP contribution in [-0.2, 0) is 11.3 Å². The van der Waals surface area contributed by atoms with Gasteiger partial charge in [0, 0.05) is 17.0 Å². The maximum atomic E-state index is 13.2. The molecule has 5 rings (SSSR count). The molecule has 1 unspecified atom stereocenters. The number of benzene rings is 2. The largest absolute Gasteiger partial charge is 0.463 e. The van der Waals surface area contributed by atoms with Crippen molar-refractivity contribution in [2.24, 2.45) is 5.10 Å². The number of rotatable bonds is 5. The lowest BCUT2D eigenvalue weighted by Crippen LogP contribution is -2.31. The predicted octanol–water partition coefficient (Wildman–Crippen LogP) is 4.10. The second-order valence-corrected chi connectivity index (χ2v) is 7.62. The molecular formula is C22H16ClFN6O2. The molecule has 0 saturated carbocycles. The van der Waals surface area contributed by atoms with Crippen molar-refractivity contribution in [2.45, 2.75) is 19.0 Å². The van der Waals surface area contributed by atoms with Crippen LogP contribution in [0.4, 0.5) is 4.39 Å². The first-order valence-corrected chi connectivity index (χ1v) is 10.2. The molecule has 1 amide bonds. The Labute approximate surface area is 186 Å². The molecule has 0 radical (unpaired) electrons. The molecule has 0 N–H and O–H groups in total. The van der Waals surface area contributed by atoms with Crippen molar-refractivity contribution < 1.29 is 13.6 Å². The number of aromatic nitrogens is 4. The third-order valence-electron chi connectivity index (χ3n) is 5.04. The highest BCUT2D eigenvalue weighted by Crippen LogP contribution is 2.34. The van der Waals surface area contributed by atoms with Crippen molar-refractivity contribution in [2.75, 3.05) is 0 Å². The highest BCUT2D eigenvalue weighted by molar-refractivity contribution is 6.30. The van der Waals surface area contributed by atoms with Crippen LogP contribution in [0.2, 0.25) is 5.02 Å². The van der Waals surface area contributed by atoms with Crippen LogP contribution in [0, 0.1) is 5.82 Å². The second kappa shape index (κ2) is 8.35. The van der Waals surface area contributed by atoms with Gasteiger partial charge in [0.25, 0.3) is 5.91 Å². The Balaban J connectivity index is 1.40. The highest BCUT2D eigenvalue weighted by atomic mass is 35.5. The maximum Gasteiger partial charge on any atom is 0.266 e. The minimum absolute atomic E-state index is 0.166. The van der Waals surface area contributed by atoms with E-state index in [-0.39, 0.29) is 24.3 Å². The molecule has 0 fully saturated rings. The Morgan fingerprint density at radius 2 is 2.00 bits per heavy atom. The van der Waals surface area contributed by atoms with Gasteiger partial charge in [-0.2, -0.15) is 9.90 Å². The molecule has 0 aliphatic carbocycles. The summed E-state index contributed by atoms with van der Waals surface area (Å²) in [4.78, 5) is 14.4. The fraction of sp³-hybridized carbons (Fsp3) is 0.136. The molecule has 2 aromatic heterocycles. The molecule has 0 bridgehead atoms. The molecule has 160 valence electrons. The number of carbonyl (C=O) groups excluding carboxylic acids is 1. The monoisotopic (exact) mass is 450 g/mol. The van der Waals surface area contributed by atoms with E-state index in [2.05, 4.69) is 20.5 Å². The summed E-state index contributed by atoms with van der Waals surface area (Å²) in [6.07, 6.45) is 2.04. The number of hydrogen-bond acceptors (Lipinski definition) is 6. The van der Waals surface area contributed by atoms with Crippen LogP contribution in [0.1, 0.15) is 23.8 Å². The standard InChI is InChI=1S/C22H16ClFN6O2/c23-16-4-1-3-15(11-16)19-12-18(20-5-2-10-32-20)26-30(19)21(31)13-29-27-22(25-28-29)14-6-8-17(24)9-7-14/h1-11,19H,12-13H2. The maximum absolute atomic E-state index is 13.2. The molecule has 3 heterocycles. The van der Waals surface area contributed by atoms with Crippen LogP contribution >= 0.6 is 11.6 Å². The zero-order valence-corrected chi connectivity index (χ0v) is 17.4. The lowest BCUT2D eigenvalue weighted by Gasteiger charge is -2.21. The number of halogens is 2. The first-order valence-electron chi connectivity index (χ1n) is 9.79. The zero-order valence-electron chi connectivity index (χ0n) is 16.6. The summed E-state index contributed by atoms with van der Waals surface area (Å²) in [6.45, 7) is -0.166. The normalized spacial score (nSPS) is 15.8. The SMILES string of the molecule is O=C(Cn1nnc(-c2ccc(F)cc2)n1)N1N=C(c2ccco2)CC1c1cccc(Cl)c1.